The molecule has 3 heterocycles. The smallest absolute Gasteiger partial charge is 0.321 e. The molecule has 0 saturated heterocycles. The van der Waals surface area contributed by atoms with Gasteiger partial charge in [0, 0.05) is 43.5 Å². The molecule has 4 aromatic rings. The van der Waals surface area contributed by atoms with E-state index in [1.807, 2.05) is 24.3 Å². The van der Waals surface area contributed by atoms with Gasteiger partial charge in [-0.1, -0.05) is 22.6 Å². The largest absolute Gasteiger partial charge is 0.495 e. The van der Waals surface area contributed by atoms with Crippen LogP contribution in [0.2, 0.25) is 0 Å². The van der Waals surface area contributed by atoms with Gasteiger partial charge in [0.2, 0.25) is 11.8 Å². The van der Waals surface area contributed by atoms with Crippen molar-refractivity contribution in [3.8, 4) is 16.9 Å². The molecule has 9 nitrogen and oxygen atoms in total. The van der Waals surface area contributed by atoms with Crippen LogP contribution in [0.15, 0.2) is 41.2 Å². The minimum Gasteiger partial charge on any atom is -0.495 e. The Hall–Kier alpha value is -3.67. The second-order valence-electron chi connectivity index (χ2n) is 7.96. The van der Waals surface area contributed by atoms with Crippen LogP contribution < -0.4 is 15.4 Å². The maximum Gasteiger partial charge on any atom is 0.321 e. The number of fused-ring (bicyclic) bond motifs is 1. The van der Waals surface area contributed by atoms with Crippen molar-refractivity contribution in [3.05, 3.63) is 48.4 Å². The van der Waals surface area contributed by atoms with Crippen LogP contribution in [0.4, 0.5) is 18.7 Å². The first-order chi connectivity index (χ1) is 16.4. The van der Waals surface area contributed by atoms with E-state index in [2.05, 4.69) is 30.7 Å². The Kier molecular flexibility index (Phi) is 5.82. The summed E-state index contributed by atoms with van der Waals surface area (Å²) in [5.41, 5.74) is 2.64. The number of alkyl halides is 2. The summed E-state index contributed by atoms with van der Waals surface area (Å²) < 4.78 is 37.2. The highest BCUT2D eigenvalue weighted by molar-refractivity contribution is 7.22. The van der Waals surface area contributed by atoms with E-state index in [-0.39, 0.29) is 25.3 Å². The van der Waals surface area contributed by atoms with Gasteiger partial charge in [-0.2, -0.15) is 4.98 Å². The predicted octanol–water partition coefficient (Wildman–Crippen LogP) is 4.63. The fraction of sp³-hybridized carbons (Fsp3) is 0.318. The van der Waals surface area contributed by atoms with Gasteiger partial charge in [0.25, 0.3) is 0 Å². The molecule has 1 aromatic carbocycles. The zero-order chi connectivity index (χ0) is 23.7. The first-order valence-electron chi connectivity index (χ1n) is 10.5. The molecule has 3 aromatic heterocycles. The van der Waals surface area contributed by atoms with E-state index in [0.29, 0.717) is 23.1 Å². The summed E-state index contributed by atoms with van der Waals surface area (Å²) in [4.78, 5) is 25.0. The van der Waals surface area contributed by atoms with Crippen LogP contribution >= 0.6 is 11.3 Å². The average Bonchev–Trinajstić information content (AvgIpc) is 3.43. The number of ether oxygens (including phenoxy) is 1. The van der Waals surface area contributed by atoms with E-state index in [1.54, 1.807) is 19.5 Å². The molecule has 0 spiro atoms. The molecule has 12 heteroatoms. The number of benzene rings is 1. The van der Waals surface area contributed by atoms with Crippen molar-refractivity contribution in [2.75, 3.05) is 19.0 Å². The number of nitrogens with zero attached hydrogens (tertiary/aromatic N) is 4. The molecule has 2 amide bonds. The first-order valence-corrected chi connectivity index (χ1v) is 11.4. The highest BCUT2D eigenvalue weighted by Gasteiger charge is 2.48. The van der Waals surface area contributed by atoms with Gasteiger partial charge in [-0.05, 0) is 23.8 Å². The van der Waals surface area contributed by atoms with Gasteiger partial charge in [-0.3, -0.25) is 10.3 Å². The second-order valence-corrected chi connectivity index (χ2v) is 8.99. The lowest BCUT2D eigenvalue weighted by molar-refractivity contribution is -0.0925. The number of urea groups is 1. The van der Waals surface area contributed by atoms with E-state index in [1.165, 1.54) is 11.3 Å². The molecular weight excluding hydrogens is 466 g/mol. The summed E-state index contributed by atoms with van der Waals surface area (Å²) in [6.07, 6.45) is 3.18. The molecular formula is C22H20F2N6O3S. The van der Waals surface area contributed by atoms with Crippen LogP contribution in [0.25, 0.3) is 21.3 Å². The Balaban J connectivity index is 1.15. The van der Waals surface area contributed by atoms with Gasteiger partial charge in [-0.15, -0.1) is 0 Å². The van der Waals surface area contributed by atoms with E-state index in [0.717, 1.165) is 21.3 Å². The number of halogens is 2. The number of carbonyl (C=O) groups excluding carboxylic acids is 1. The van der Waals surface area contributed by atoms with Crippen LogP contribution in [0.1, 0.15) is 30.5 Å². The molecule has 1 aliphatic carbocycles. The lowest BCUT2D eigenvalue weighted by Crippen LogP contribution is -2.33. The molecule has 1 fully saturated rings. The summed E-state index contributed by atoms with van der Waals surface area (Å²) in [6, 6.07) is 7.29. The molecule has 0 unspecified atom stereocenters. The van der Waals surface area contributed by atoms with Gasteiger partial charge in [0.15, 0.2) is 11.0 Å². The summed E-state index contributed by atoms with van der Waals surface area (Å²) in [7, 11) is 1.59. The Morgan fingerprint density at radius 2 is 2.09 bits per heavy atom. The molecule has 34 heavy (non-hydrogen) atoms. The summed E-state index contributed by atoms with van der Waals surface area (Å²) >= 11 is 1.35. The van der Waals surface area contributed by atoms with Gasteiger partial charge in [-0.25, -0.2) is 18.6 Å². The standard InChI is InChI=1S/C22H20F2N6O3S/c1-32-15-6-13(10-25-11-15)12-2-3-16-17(7-12)34-21(27-16)29-20(31)26-5-4-18-28-19(33-30-18)14-8-22(23,24)9-14/h2-3,6-7,10-11,14H,4-5,8-9H2,1H3,(H2,26,27,29,31). The number of hydrogen-bond donors (Lipinski definition) is 2. The quantitative estimate of drug-likeness (QED) is 0.391. The van der Waals surface area contributed by atoms with Crippen molar-refractivity contribution in [2.24, 2.45) is 0 Å². The molecule has 1 aliphatic rings. The Morgan fingerprint density at radius 3 is 2.88 bits per heavy atom. The number of anilines is 1. The highest BCUT2D eigenvalue weighted by Crippen LogP contribution is 2.47. The van der Waals surface area contributed by atoms with Crippen molar-refractivity contribution < 1.29 is 22.8 Å². The monoisotopic (exact) mass is 486 g/mol. The number of pyridine rings is 1. The number of nitrogens with one attached hydrogen (secondary N) is 2. The predicted molar refractivity (Wildman–Crippen MR) is 121 cm³/mol. The van der Waals surface area contributed by atoms with Gasteiger partial charge in [0.1, 0.15) is 5.75 Å². The van der Waals surface area contributed by atoms with Gasteiger partial charge >= 0.3 is 6.03 Å². The molecule has 0 atom stereocenters. The van der Waals surface area contributed by atoms with Crippen LogP contribution in [0, 0.1) is 0 Å². The molecule has 0 bridgehead atoms. The van der Waals surface area contributed by atoms with Crippen molar-refractivity contribution in [2.45, 2.75) is 31.1 Å². The van der Waals surface area contributed by atoms with Crippen LogP contribution in [-0.4, -0.2) is 45.7 Å². The number of amides is 2. The number of methoxy groups -OCH3 is 1. The number of carbonyl (C=O) groups is 1. The minimum atomic E-state index is -2.65. The fourth-order valence-electron chi connectivity index (χ4n) is 3.65. The maximum absolute atomic E-state index is 13.0. The molecule has 0 radical (unpaired) electrons. The average molecular weight is 487 g/mol. The fourth-order valence-corrected chi connectivity index (χ4v) is 4.55. The summed E-state index contributed by atoms with van der Waals surface area (Å²) in [6.45, 7) is 0.253. The Labute approximate surface area is 196 Å². The number of rotatable bonds is 7. The van der Waals surface area contributed by atoms with E-state index < -0.39 is 17.9 Å². The second kappa shape index (κ2) is 8.93. The number of thiazole rings is 1. The van der Waals surface area contributed by atoms with E-state index in [9.17, 15) is 13.6 Å². The van der Waals surface area contributed by atoms with Gasteiger partial charge in [0.05, 0.1) is 23.5 Å². The molecule has 1 saturated carbocycles. The van der Waals surface area contributed by atoms with Crippen LogP contribution in [0.5, 0.6) is 5.75 Å². The SMILES string of the molecule is COc1cncc(-c2ccc3nc(NC(=O)NCCc4noc(C5CC(F)(F)C5)n4)sc3c2)c1. The van der Waals surface area contributed by atoms with Crippen molar-refractivity contribution in [1.29, 1.82) is 0 Å². The zero-order valence-corrected chi connectivity index (χ0v) is 18.9. The van der Waals surface area contributed by atoms with Crippen molar-refractivity contribution >= 4 is 32.7 Å². The van der Waals surface area contributed by atoms with Crippen LogP contribution in [-0.2, 0) is 6.42 Å². The first kappa shape index (κ1) is 22.1. The molecule has 176 valence electrons. The lowest BCUT2D eigenvalue weighted by Gasteiger charge is -2.31. The zero-order valence-electron chi connectivity index (χ0n) is 18.0. The van der Waals surface area contributed by atoms with Crippen LogP contribution in [0.3, 0.4) is 0 Å². The summed E-state index contributed by atoms with van der Waals surface area (Å²) in [5.74, 6) is -1.78. The van der Waals surface area contributed by atoms with Gasteiger partial charge < -0.3 is 14.6 Å². The topological polar surface area (TPSA) is 115 Å². The molecule has 5 rings (SSSR count). The third-order valence-corrected chi connectivity index (χ3v) is 6.38. The van der Waals surface area contributed by atoms with Crippen molar-refractivity contribution in [1.82, 2.24) is 25.4 Å². The summed E-state index contributed by atoms with van der Waals surface area (Å²) in [5, 5.41) is 9.68. The highest BCUT2D eigenvalue weighted by atomic mass is 32.1. The number of hydrogen-bond acceptors (Lipinski definition) is 8. The minimum absolute atomic E-state index is 0.226. The Morgan fingerprint density at radius 1 is 1.24 bits per heavy atom. The number of aromatic nitrogens is 4. The lowest BCUT2D eigenvalue weighted by atomic mass is 9.81. The maximum atomic E-state index is 13.0. The third kappa shape index (κ3) is 4.81. The molecule has 0 aliphatic heterocycles. The molecule has 2 N–H and O–H groups in total. The third-order valence-electron chi connectivity index (χ3n) is 5.45. The Bertz CT molecular complexity index is 1330. The van der Waals surface area contributed by atoms with E-state index >= 15 is 0 Å². The van der Waals surface area contributed by atoms with Crippen molar-refractivity contribution in [3.63, 3.8) is 0 Å². The van der Waals surface area contributed by atoms with E-state index in [4.69, 9.17) is 9.26 Å². The normalized spacial score (nSPS) is 15.1.